The number of rotatable bonds is 4. The highest BCUT2D eigenvalue weighted by atomic mass is 35.5. The van der Waals surface area contributed by atoms with Gasteiger partial charge >= 0.3 is 6.18 Å². The Bertz CT molecular complexity index is 1170. The van der Waals surface area contributed by atoms with Gasteiger partial charge in [-0.3, -0.25) is 24.2 Å². The largest absolute Gasteiger partial charge is 0.456 e. The van der Waals surface area contributed by atoms with Crippen LogP contribution in [0.25, 0.3) is 0 Å². The molecular weight excluding hydrogens is 495 g/mol. The number of aryl methyl sites for hydroxylation is 2. The van der Waals surface area contributed by atoms with E-state index in [1.54, 1.807) is 13.8 Å². The van der Waals surface area contributed by atoms with E-state index in [9.17, 15) is 27.6 Å². The average molecular weight is 514 g/mol. The summed E-state index contributed by atoms with van der Waals surface area (Å²) in [5, 5.41) is 2.38. The van der Waals surface area contributed by atoms with E-state index < -0.39 is 35.4 Å². The summed E-state index contributed by atoms with van der Waals surface area (Å²) in [5.41, 5.74) is 0.507. The van der Waals surface area contributed by atoms with Crippen LogP contribution in [0.2, 0.25) is 5.02 Å². The summed E-state index contributed by atoms with van der Waals surface area (Å²) in [7, 11) is 2.76. The average Bonchev–Trinajstić information content (AvgIpc) is 2.74. The van der Waals surface area contributed by atoms with Gasteiger partial charge in [-0.05, 0) is 67.5 Å². The van der Waals surface area contributed by atoms with Gasteiger partial charge in [0.1, 0.15) is 11.5 Å². The summed E-state index contributed by atoms with van der Waals surface area (Å²) in [6, 6.07) is 5.81. The maximum atomic E-state index is 12.8. The SMILES string of the molecule is Cc1cc(Oc2ccc(C(F)(F)F)cc2Cl)cc(C)c1NC(=O)C1C(=O)N(C)C(=S)N(C)C1=O. The number of benzene rings is 2. The molecule has 0 aromatic heterocycles. The van der Waals surface area contributed by atoms with Gasteiger partial charge in [-0.15, -0.1) is 0 Å². The summed E-state index contributed by atoms with van der Waals surface area (Å²) in [5.74, 6) is -3.60. The van der Waals surface area contributed by atoms with Crippen molar-refractivity contribution in [1.82, 2.24) is 9.80 Å². The predicted molar refractivity (Wildman–Crippen MR) is 123 cm³/mol. The molecule has 2 aromatic rings. The lowest BCUT2D eigenvalue weighted by molar-refractivity contribution is -0.149. The molecule has 0 radical (unpaired) electrons. The van der Waals surface area contributed by atoms with Gasteiger partial charge in [-0.1, -0.05) is 11.6 Å². The number of anilines is 1. The molecule has 2 aromatic carbocycles. The van der Waals surface area contributed by atoms with Crippen molar-refractivity contribution in [3.63, 3.8) is 0 Å². The second kappa shape index (κ2) is 9.22. The molecule has 1 aliphatic rings. The molecule has 1 N–H and O–H groups in total. The molecule has 1 aliphatic heterocycles. The lowest BCUT2D eigenvalue weighted by Crippen LogP contribution is -2.59. The van der Waals surface area contributed by atoms with Crippen LogP contribution >= 0.6 is 23.8 Å². The maximum Gasteiger partial charge on any atom is 0.416 e. The Balaban J connectivity index is 1.82. The number of hydrogen-bond acceptors (Lipinski definition) is 5. The number of alkyl halides is 3. The van der Waals surface area contributed by atoms with Crippen LogP contribution in [0.15, 0.2) is 30.3 Å². The first kappa shape index (κ1) is 25.4. The summed E-state index contributed by atoms with van der Waals surface area (Å²) in [6.45, 7) is 3.31. The van der Waals surface area contributed by atoms with Gasteiger partial charge < -0.3 is 10.1 Å². The lowest BCUT2D eigenvalue weighted by atomic mass is 10.0. The summed E-state index contributed by atoms with van der Waals surface area (Å²) in [6.07, 6.45) is -4.54. The van der Waals surface area contributed by atoms with Crippen LogP contribution in [0.1, 0.15) is 16.7 Å². The Morgan fingerprint density at radius 1 is 1.06 bits per heavy atom. The van der Waals surface area contributed by atoms with Crippen molar-refractivity contribution in [2.45, 2.75) is 20.0 Å². The molecule has 0 aliphatic carbocycles. The summed E-state index contributed by atoms with van der Waals surface area (Å²) >= 11 is 11.0. The Morgan fingerprint density at radius 2 is 1.59 bits per heavy atom. The highest BCUT2D eigenvalue weighted by molar-refractivity contribution is 7.80. The first-order valence-electron chi connectivity index (χ1n) is 9.78. The van der Waals surface area contributed by atoms with Crippen molar-refractivity contribution in [1.29, 1.82) is 0 Å². The van der Waals surface area contributed by atoms with E-state index in [2.05, 4.69) is 5.32 Å². The van der Waals surface area contributed by atoms with Gasteiger partial charge in [0.15, 0.2) is 11.0 Å². The predicted octanol–water partition coefficient (Wildman–Crippen LogP) is 4.54. The van der Waals surface area contributed by atoms with Crippen LogP contribution in [0.4, 0.5) is 18.9 Å². The van der Waals surface area contributed by atoms with E-state index >= 15 is 0 Å². The molecule has 0 saturated carbocycles. The van der Waals surface area contributed by atoms with E-state index in [4.69, 9.17) is 28.6 Å². The van der Waals surface area contributed by atoms with E-state index in [-0.39, 0.29) is 21.6 Å². The van der Waals surface area contributed by atoms with Crippen molar-refractivity contribution in [2.24, 2.45) is 5.92 Å². The molecular formula is C22H19ClF3N3O4S. The fourth-order valence-electron chi connectivity index (χ4n) is 3.39. The van der Waals surface area contributed by atoms with Gasteiger partial charge in [0.25, 0.3) is 11.8 Å². The molecule has 0 atom stereocenters. The number of ether oxygens (including phenoxy) is 1. The molecule has 1 heterocycles. The fourth-order valence-corrected chi connectivity index (χ4v) is 3.79. The van der Waals surface area contributed by atoms with E-state index in [0.29, 0.717) is 16.8 Å². The molecule has 3 amide bonds. The summed E-state index contributed by atoms with van der Waals surface area (Å²) < 4.78 is 44.2. The molecule has 0 spiro atoms. The van der Waals surface area contributed by atoms with Crippen molar-refractivity contribution < 1.29 is 32.3 Å². The third-order valence-electron chi connectivity index (χ3n) is 5.23. The number of nitrogens with one attached hydrogen (secondary N) is 1. The third kappa shape index (κ3) is 4.85. The molecule has 0 bridgehead atoms. The number of halogens is 4. The van der Waals surface area contributed by atoms with Crippen molar-refractivity contribution in [3.05, 3.63) is 52.0 Å². The third-order valence-corrected chi connectivity index (χ3v) is 6.08. The standard InChI is InChI=1S/C22H19ClF3N3O4S/c1-10-7-13(33-15-6-5-12(9-14(15)23)22(24,25)26)8-11(2)17(10)27-18(30)16-19(31)28(3)21(34)29(4)20(16)32/h5-9,16H,1-4H3,(H,27,30). The van der Waals surface area contributed by atoms with Crippen LogP contribution in [0.5, 0.6) is 11.5 Å². The van der Waals surface area contributed by atoms with Crippen LogP contribution < -0.4 is 10.1 Å². The van der Waals surface area contributed by atoms with E-state index in [0.717, 1.165) is 28.0 Å². The lowest BCUT2D eigenvalue weighted by Gasteiger charge is -2.34. The minimum atomic E-state index is -4.54. The van der Waals surface area contributed by atoms with E-state index in [1.165, 1.54) is 26.2 Å². The molecule has 12 heteroatoms. The fraction of sp³-hybridized carbons (Fsp3) is 0.273. The first-order chi connectivity index (χ1) is 15.7. The van der Waals surface area contributed by atoms with Crippen molar-refractivity contribution in [2.75, 3.05) is 19.4 Å². The van der Waals surface area contributed by atoms with Gasteiger partial charge in [0.05, 0.1) is 10.6 Å². The molecule has 34 heavy (non-hydrogen) atoms. The number of nitrogens with zero attached hydrogens (tertiary/aromatic N) is 2. The Kier molecular flexibility index (Phi) is 6.90. The Hall–Kier alpha value is -3.18. The second-order valence-corrected chi connectivity index (χ2v) is 8.45. The van der Waals surface area contributed by atoms with Crippen molar-refractivity contribution in [3.8, 4) is 11.5 Å². The molecule has 7 nitrogen and oxygen atoms in total. The number of carbonyl (C=O) groups is 3. The molecule has 180 valence electrons. The monoisotopic (exact) mass is 513 g/mol. The molecule has 3 rings (SSSR count). The van der Waals surface area contributed by atoms with Crippen molar-refractivity contribution >= 4 is 52.3 Å². The zero-order valence-electron chi connectivity index (χ0n) is 18.4. The van der Waals surface area contributed by atoms with E-state index in [1.807, 2.05) is 0 Å². The van der Waals surface area contributed by atoms with Gasteiger partial charge in [0, 0.05) is 19.8 Å². The van der Waals surface area contributed by atoms with Crippen LogP contribution in [-0.2, 0) is 20.6 Å². The Morgan fingerprint density at radius 3 is 2.06 bits per heavy atom. The zero-order valence-corrected chi connectivity index (χ0v) is 20.0. The molecule has 1 saturated heterocycles. The van der Waals surface area contributed by atoms with Crippen LogP contribution in [0.3, 0.4) is 0 Å². The Labute approximate surface area is 203 Å². The molecule has 0 unspecified atom stereocenters. The first-order valence-corrected chi connectivity index (χ1v) is 10.6. The second-order valence-electron chi connectivity index (χ2n) is 7.68. The smallest absolute Gasteiger partial charge is 0.416 e. The van der Waals surface area contributed by atoms with Gasteiger partial charge in [0.2, 0.25) is 5.91 Å². The highest BCUT2D eigenvalue weighted by Crippen LogP contribution is 2.37. The quantitative estimate of drug-likeness (QED) is 0.480. The summed E-state index contributed by atoms with van der Waals surface area (Å²) in [4.78, 5) is 39.9. The van der Waals surface area contributed by atoms with Gasteiger partial charge in [-0.25, -0.2) is 0 Å². The maximum absolute atomic E-state index is 12.8. The van der Waals surface area contributed by atoms with Crippen LogP contribution in [0, 0.1) is 19.8 Å². The zero-order chi connectivity index (χ0) is 25.5. The minimum absolute atomic E-state index is 0.00478. The van der Waals surface area contributed by atoms with Crippen LogP contribution in [-0.4, -0.2) is 46.7 Å². The number of hydrogen-bond donors (Lipinski definition) is 1. The minimum Gasteiger partial charge on any atom is -0.456 e. The topological polar surface area (TPSA) is 79.0 Å². The van der Waals surface area contributed by atoms with Gasteiger partial charge in [-0.2, -0.15) is 13.2 Å². The highest BCUT2D eigenvalue weighted by Gasteiger charge is 2.45. The molecule has 1 fully saturated rings. The number of carbonyl (C=O) groups excluding carboxylic acids is 3. The number of thiocarbonyl (C=S) groups is 1. The normalized spacial score (nSPS) is 15.1. The number of amides is 3.